The lowest BCUT2D eigenvalue weighted by atomic mass is 9.99. The van der Waals surface area contributed by atoms with Gasteiger partial charge >= 0.3 is 0 Å². The SMILES string of the molecule is C[C@@H](CN1C[C@@H]2C[C@H]1C(=O)N2[C@@H](c1ccc(F)cc1)C1CC1)C(=O)N1C2C[C@H]2C[C@H]1C#N. The number of carbonyl (C=O) groups excluding carboxylic acids is 2. The van der Waals surface area contributed by atoms with Crippen molar-refractivity contribution in [3.63, 3.8) is 0 Å². The van der Waals surface area contributed by atoms with Crippen LogP contribution in [-0.2, 0) is 9.59 Å². The van der Waals surface area contributed by atoms with Crippen LogP contribution in [-0.4, -0.2) is 63.8 Å². The molecule has 5 fully saturated rings. The molecule has 6 nitrogen and oxygen atoms in total. The highest BCUT2D eigenvalue weighted by atomic mass is 19.1. The van der Waals surface area contributed by atoms with E-state index in [1.165, 1.54) is 12.1 Å². The summed E-state index contributed by atoms with van der Waals surface area (Å²) in [7, 11) is 0. The second kappa shape index (κ2) is 7.28. The summed E-state index contributed by atoms with van der Waals surface area (Å²) in [5, 5.41) is 9.43. The number of piperazine rings is 1. The van der Waals surface area contributed by atoms with E-state index >= 15 is 0 Å². The van der Waals surface area contributed by atoms with E-state index in [1.54, 1.807) is 0 Å². The predicted octanol–water partition coefficient (Wildman–Crippen LogP) is 2.71. The van der Waals surface area contributed by atoms with Gasteiger partial charge in [0.15, 0.2) is 0 Å². The Bertz CT molecular complexity index is 987. The van der Waals surface area contributed by atoms with Gasteiger partial charge in [0.1, 0.15) is 11.9 Å². The van der Waals surface area contributed by atoms with Gasteiger partial charge < -0.3 is 9.80 Å². The molecule has 3 heterocycles. The van der Waals surface area contributed by atoms with Crippen LogP contribution in [0.4, 0.5) is 4.39 Å². The molecule has 1 aromatic rings. The molecule has 2 amide bonds. The van der Waals surface area contributed by atoms with Crippen LogP contribution >= 0.6 is 0 Å². The lowest BCUT2D eigenvalue weighted by Crippen LogP contribution is -2.54. The Morgan fingerprint density at radius 3 is 2.62 bits per heavy atom. The molecule has 6 rings (SSSR count). The quantitative estimate of drug-likeness (QED) is 0.688. The second-order valence-corrected chi connectivity index (χ2v) is 10.5. The van der Waals surface area contributed by atoms with Gasteiger partial charge in [0.2, 0.25) is 11.8 Å². The summed E-state index contributed by atoms with van der Waals surface area (Å²) in [6.07, 6.45) is 4.87. The van der Waals surface area contributed by atoms with E-state index in [-0.39, 0.29) is 53.8 Å². The Labute approximate surface area is 187 Å². The molecule has 0 radical (unpaired) electrons. The molecular formula is C25H29FN4O2. The number of amides is 2. The maximum atomic E-state index is 13.5. The van der Waals surface area contributed by atoms with Crippen LogP contribution in [0.25, 0.3) is 0 Å². The fourth-order valence-electron chi connectivity index (χ4n) is 6.56. The van der Waals surface area contributed by atoms with Gasteiger partial charge in [-0.15, -0.1) is 0 Å². The molecular weight excluding hydrogens is 407 g/mol. The van der Waals surface area contributed by atoms with Crippen LogP contribution in [0.2, 0.25) is 0 Å². The lowest BCUT2D eigenvalue weighted by Gasteiger charge is -2.40. The van der Waals surface area contributed by atoms with Crippen molar-refractivity contribution in [2.24, 2.45) is 17.8 Å². The van der Waals surface area contributed by atoms with Crippen molar-refractivity contribution in [3.8, 4) is 6.07 Å². The van der Waals surface area contributed by atoms with Crippen molar-refractivity contribution < 1.29 is 14.0 Å². The Hall–Kier alpha value is -2.46. The van der Waals surface area contributed by atoms with Crippen LogP contribution in [0.5, 0.6) is 0 Å². The van der Waals surface area contributed by atoms with Gasteiger partial charge in [0.25, 0.3) is 0 Å². The van der Waals surface area contributed by atoms with Crippen LogP contribution in [0.3, 0.4) is 0 Å². The summed E-state index contributed by atoms with van der Waals surface area (Å²) in [5.74, 6) is 0.719. The van der Waals surface area contributed by atoms with Gasteiger partial charge in [-0.25, -0.2) is 4.39 Å². The number of likely N-dealkylation sites (tertiary alicyclic amines) is 3. The van der Waals surface area contributed by atoms with E-state index in [0.29, 0.717) is 18.4 Å². The van der Waals surface area contributed by atoms with Crippen LogP contribution < -0.4 is 0 Å². The molecule has 2 aliphatic carbocycles. The minimum absolute atomic E-state index is 0.0343. The molecule has 2 saturated carbocycles. The molecule has 1 aromatic carbocycles. The highest BCUT2D eigenvalue weighted by molar-refractivity contribution is 5.86. The Kier molecular flexibility index (Phi) is 4.59. The zero-order valence-corrected chi connectivity index (χ0v) is 18.4. The number of piperidine rings is 1. The maximum absolute atomic E-state index is 13.5. The molecule has 2 bridgehead atoms. The number of hydrogen-bond acceptors (Lipinski definition) is 4. The zero-order valence-electron chi connectivity index (χ0n) is 18.4. The van der Waals surface area contributed by atoms with Gasteiger partial charge in [0, 0.05) is 31.1 Å². The number of halogens is 1. The highest BCUT2D eigenvalue weighted by Gasteiger charge is 2.56. The largest absolute Gasteiger partial charge is 0.330 e. The first-order chi connectivity index (χ1) is 15.5. The number of carbonyl (C=O) groups is 2. The van der Waals surface area contributed by atoms with Crippen molar-refractivity contribution in [2.45, 2.75) is 69.2 Å². The van der Waals surface area contributed by atoms with E-state index in [1.807, 2.05) is 24.0 Å². The molecule has 0 spiro atoms. The first kappa shape index (κ1) is 20.2. The van der Waals surface area contributed by atoms with E-state index in [9.17, 15) is 19.2 Å². The smallest absolute Gasteiger partial charge is 0.240 e. The number of hydrogen-bond donors (Lipinski definition) is 0. The molecule has 168 valence electrons. The normalized spacial score (nSPS) is 35.0. The third-order valence-electron chi connectivity index (χ3n) is 8.33. The average Bonchev–Trinajstić information content (AvgIpc) is 3.67. The summed E-state index contributed by atoms with van der Waals surface area (Å²) in [5.41, 5.74) is 1.03. The minimum atomic E-state index is -0.282. The van der Waals surface area contributed by atoms with Gasteiger partial charge in [-0.05, 0) is 61.6 Å². The zero-order chi connectivity index (χ0) is 22.1. The molecule has 3 saturated heterocycles. The first-order valence-electron chi connectivity index (χ1n) is 12.0. The van der Waals surface area contributed by atoms with Crippen molar-refractivity contribution in [1.29, 1.82) is 5.26 Å². The Morgan fingerprint density at radius 1 is 1.22 bits per heavy atom. The molecule has 7 heteroatoms. The maximum Gasteiger partial charge on any atom is 0.240 e. The van der Waals surface area contributed by atoms with Gasteiger partial charge in [-0.2, -0.15) is 5.26 Å². The first-order valence-corrected chi connectivity index (χ1v) is 12.0. The number of fused-ring (bicyclic) bond motifs is 3. The fraction of sp³-hybridized carbons (Fsp3) is 0.640. The van der Waals surface area contributed by atoms with Crippen LogP contribution in [0.15, 0.2) is 24.3 Å². The number of nitrogens with zero attached hydrogens (tertiary/aromatic N) is 4. The molecule has 0 aromatic heterocycles. The lowest BCUT2D eigenvalue weighted by molar-refractivity contribution is -0.143. The summed E-state index contributed by atoms with van der Waals surface area (Å²) >= 11 is 0. The van der Waals surface area contributed by atoms with Gasteiger partial charge in [0.05, 0.1) is 18.2 Å². The predicted molar refractivity (Wildman–Crippen MR) is 114 cm³/mol. The van der Waals surface area contributed by atoms with Crippen molar-refractivity contribution in [1.82, 2.24) is 14.7 Å². The molecule has 0 N–H and O–H groups in total. The average molecular weight is 437 g/mol. The van der Waals surface area contributed by atoms with Crippen LogP contribution in [0.1, 0.15) is 50.6 Å². The summed E-state index contributed by atoms with van der Waals surface area (Å²) in [4.78, 5) is 32.6. The third-order valence-corrected chi connectivity index (χ3v) is 8.33. The third kappa shape index (κ3) is 3.14. The molecule has 3 aliphatic heterocycles. The molecule has 1 unspecified atom stereocenters. The standard InChI is InChI=1S/C25H29FN4O2/c1-14(24(31)29-19(11-27)8-17-9-21(17)29)12-28-13-20-10-22(28)25(32)30(20)23(15-2-3-15)16-4-6-18(26)7-5-16/h4-7,14-15,17,19-23H,2-3,8-10,12-13H2,1H3/t14-,17+,19-,20-,21?,22-,23+/m0/s1. The van der Waals surface area contributed by atoms with Crippen LogP contribution in [0, 0.1) is 34.9 Å². The second-order valence-electron chi connectivity index (χ2n) is 10.5. The Balaban J connectivity index is 1.14. The van der Waals surface area contributed by atoms with E-state index in [0.717, 1.165) is 44.2 Å². The summed E-state index contributed by atoms with van der Waals surface area (Å²) in [6, 6.07) is 8.91. The molecule has 7 atom stereocenters. The minimum Gasteiger partial charge on any atom is -0.330 e. The van der Waals surface area contributed by atoms with E-state index < -0.39 is 0 Å². The van der Waals surface area contributed by atoms with E-state index in [2.05, 4.69) is 15.9 Å². The van der Waals surface area contributed by atoms with Crippen molar-refractivity contribution in [3.05, 3.63) is 35.6 Å². The highest BCUT2D eigenvalue weighted by Crippen LogP contribution is 2.50. The van der Waals surface area contributed by atoms with Crippen molar-refractivity contribution >= 4 is 11.8 Å². The molecule has 32 heavy (non-hydrogen) atoms. The summed E-state index contributed by atoms with van der Waals surface area (Å²) < 4.78 is 13.5. The Morgan fingerprint density at radius 2 is 1.97 bits per heavy atom. The summed E-state index contributed by atoms with van der Waals surface area (Å²) in [6.45, 7) is 3.29. The monoisotopic (exact) mass is 436 g/mol. The van der Waals surface area contributed by atoms with E-state index in [4.69, 9.17) is 0 Å². The fourth-order valence-corrected chi connectivity index (χ4v) is 6.56. The van der Waals surface area contributed by atoms with Gasteiger partial charge in [-0.3, -0.25) is 14.5 Å². The number of rotatable bonds is 6. The van der Waals surface area contributed by atoms with Gasteiger partial charge in [-0.1, -0.05) is 19.1 Å². The molecule has 5 aliphatic rings. The number of benzene rings is 1. The van der Waals surface area contributed by atoms with Crippen molar-refractivity contribution in [2.75, 3.05) is 13.1 Å². The topological polar surface area (TPSA) is 67.7 Å². The number of nitriles is 1.